The summed E-state index contributed by atoms with van der Waals surface area (Å²) in [4.78, 5) is 22.2. The fourth-order valence-corrected chi connectivity index (χ4v) is 1.56. The Morgan fingerprint density at radius 1 is 1.22 bits per heavy atom. The predicted molar refractivity (Wildman–Crippen MR) is 75.0 cm³/mol. The first-order chi connectivity index (χ1) is 8.02. The Balaban J connectivity index is 0.00000289. The molecule has 0 aliphatic heterocycles. The molecule has 1 atom stereocenters. The van der Waals surface area contributed by atoms with Crippen LogP contribution in [0, 0.1) is 0 Å². The molecule has 1 rings (SSSR count). The lowest BCUT2D eigenvalue weighted by atomic mass is 10.0. The van der Waals surface area contributed by atoms with E-state index in [9.17, 15) is 9.59 Å². The van der Waals surface area contributed by atoms with Gasteiger partial charge in [0.05, 0.1) is 11.9 Å². The van der Waals surface area contributed by atoms with E-state index in [1.54, 1.807) is 0 Å². The molecule has 1 unspecified atom stereocenters. The molecule has 0 aliphatic rings. The van der Waals surface area contributed by atoms with Gasteiger partial charge in [-0.15, -0.1) is 11.6 Å². The van der Waals surface area contributed by atoms with Crippen molar-refractivity contribution in [3.63, 3.8) is 0 Å². The van der Waals surface area contributed by atoms with Crippen LogP contribution in [-0.4, -0.2) is 23.5 Å². The maximum absolute atomic E-state index is 11.1. The maximum Gasteiger partial charge on any atom is 0.151 e. The molecule has 0 amide bonds. The van der Waals surface area contributed by atoms with Gasteiger partial charge in [0.2, 0.25) is 0 Å². The van der Waals surface area contributed by atoms with Gasteiger partial charge in [-0.2, -0.15) is 0 Å². The molecule has 1 aromatic rings. The second-order valence-corrected chi connectivity index (χ2v) is 4.35. The number of carbonyl (C=O) groups excluding carboxylic acids is 2. The fraction of sp³-hybridized carbons (Fsp3) is 0.429. The molecule has 0 fully saturated rings. The van der Waals surface area contributed by atoms with Crippen LogP contribution in [0.15, 0.2) is 24.3 Å². The van der Waals surface area contributed by atoms with E-state index in [2.05, 4.69) is 0 Å². The van der Waals surface area contributed by atoms with Crippen molar-refractivity contribution in [3.8, 4) is 0 Å². The van der Waals surface area contributed by atoms with Crippen LogP contribution >= 0.6 is 11.6 Å². The van der Waals surface area contributed by atoms with Crippen LogP contribution in [0.25, 0.3) is 0 Å². The Kier molecular flexibility index (Phi) is 7.48. The third-order valence-corrected chi connectivity index (χ3v) is 2.85. The highest BCUT2D eigenvalue weighted by Gasteiger charge is 2.09. The summed E-state index contributed by atoms with van der Waals surface area (Å²) in [6.45, 7) is 1.48. The van der Waals surface area contributed by atoms with Gasteiger partial charge in [0.15, 0.2) is 5.78 Å². The van der Waals surface area contributed by atoms with Crippen molar-refractivity contribution >= 4 is 23.2 Å². The average Bonchev–Trinajstić information content (AvgIpc) is 2.31. The molecule has 4 heteroatoms. The van der Waals surface area contributed by atoms with Crippen LogP contribution in [0.3, 0.4) is 0 Å². The lowest BCUT2D eigenvalue weighted by Crippen LogP contribution is -2.30. The topological polar surface area (TPSA) is 60.2 Å². The second-order valence-electron chi connectivity index (χ2n) is 4.09. The number of alkyl halides is 1. The molecule has 0 spiro atoms. The molecule has 0 saturated carbocycles. The van der Waals surface area contributed by atoms with E-state index in [1.807, 2.05) is 24.3 Å². The largest absolute Gasteiger partial charge is 0.321 e. The maximum atomic E-state index is 11.1. The Bertz CT molecular complexity index is 401. The van der Waals surface area contributed by atoms with Crippen molar-refractivity contribution in [2.75, 3.05) is 5.88 Å². The molecule has 18 heavy (non-hydrogen) atoms. The highest BCUT2D eigenvalue weighted by molar-refractivity contribution is 6.27. The van der Waals surface area contributed by atoms with E-state index in [4.69, 9.17) is 17.3 Å². The molecule has 2 N–H and O–H groups in total. The number of benzene rings is 1. The molecule has 100 valence electrons. The third-order valence-electron chi connectivity index (χ3n) is 2.55. The van der Waals surface area contributed by atoms with Crippen LogP contribution in [0.1, 0.15) is 25.5 Å². The number of Topliss-reactive ketones (excluding diaryl/α,β-unsaturated/α-hetero) is 2. The molecule has 0 aliphatic carbocycles. The number of rotatable bonds is 6. The summed E-state index contributed by atoms with van der Waals surface area (Å²) < 4.78 is 0. The van der Waals surface area contributed by atoms with E-state index in [0.717, 1.165) is 11.1 Å². The third kappa shape index (κ3) is 5.43. The fourth-order valence-electron chi connectivity index (χ4n) is 1.47. The molecule has 0 radical (unpaired) electrons. The van der Waals surface area contributed by atoms with E-state index in [0.29, 0.717) is 12.8 Å². The summed E-state index contributed by atoms with van der Waals surface area (Å²) in [7, 11) is 0. The normalized spacial score (nSPS) is 11.5. The average molecular weight is 270 g/mol. The number of nitrogens with two attached hydrogens (primary N) is 1. The summed E-state index contributed by atoms with van der Waals surface area (Å²) >= 11 is 5.43. The number of hydrogen-bond donors (Lipinski definition) is 1. The van der Waals surface area contributed by atoms with Gasteiger partial charge in [0.25, 0.3) is 0 Å². The van der Waals surface area contributed by atoms with Crippen molar-refractivity contribution in [3.05, 3.63) is 35.4 Å². The number of carbonyl (C=O) groups is 2. The SMILES string of the molecule is C.CC(=O)C(N)Cc1ccc(CC(=O)CCl)cc1. The Labute approximate surface area is 113 Å². The quantitative estimate of drug-likeness (QED) is 0.805. The van der Waals surface area contributed by atoms with E-state index < -0.39 is 6.04 Å². The van der Waals surface area contributed by atoms with Gasteiger partial charge in [-0.05, 0) is 24.5 Å². The van der Waals surface area contributed by atoms with Gasteiger partial charge >= 0.3 is 0 Å². The first kappa shape index (κ1) is 16.8. The monoisotopic (exact) mass is 269 g/mol. The van der Waals surface area contributed by atoms with Gasteiger partial charge in [-0.1, -0.05) is 31.7 Å². The van der Waals surface area contributed by atoms with Gasteiger partial charge < -0.3 is 5.73 Å². The van der Waals surface area contributed by atoms with Crippen molar-refractivity contribution in [1.82, 2.24) is 0 Å². The van der Waals surface area contributed by atoms with E-state index in [-0.39, 0.29) is 24.9 Å². The van der Waals surface area contributed by atoms with Gasteiger partial charge in [-0.3, -0.25) is 9.59 Å². The van der Waals surface area contributed by atoms with Crippen LogP contribution in [0.2, 0.25) is 0 Å². The van der Waals surface area contributed by atoms with Crippen molar-refractivity contribution < 1.29 is 9.59 Å². The minimum atomic E-state index is -0.453. The van der Waals surface area contributed by atoms with Crippen LogP contribution < -0.4 is 5.73 Å². The smallest absolute Gasteiger partial charge is 0.151 e. The van der Waals surface area contributed by atoms with Crippen molar-refractivity contribution in [2.45, 2.75) is 33.2 Å². The van der Waals surface area contributed by atoms with Crippen LogP contribution in [-0.2, 0) is 22.4 Å². The first-order valence-corrected chi connectivity index (χ1v) is 5.98. The molecule has 3 nitrogen and oxygen atoms in total. The van der Waals surface area contributed by atoms with Gasteiger partial charge in [-0.25, -0.2) is 0 Å². The second kappa shape index (κ2) is 8.01. The van der Waals surface area contributed by atoms with E-state index in [1.165, 1.54) is 6.92 Å². The van der Waals surface area contributed by atoms with E-state index >= 15 is 0 Å². The Morgan fingerprint density at radius 3 is 2.17 bits per heavy atom. The first-order valence-electron chi connectivity index (χ1n) is 5.44. The number of hydrogen-bond acceptors (Lipinski definition) is 3. The lowest BCUT2D eigenvalue weighted by Gasteiger charge is -2.08. The zero-order chi connectivity index (χ0) is 12.8. The zero-order valence-electron chi connectivity index (χ0n) is 9.78. The minimum absolute atomic E-state index is 0. The molecule has 0 aromatic heterocycles. The van der Waals surface area contributed by atoms with Crippen LogP contribution in [0.4, 0.5) is 0 Å². The molecular formula is C14H20ClNO2. The Morgan fingerprint density at radius 2 is 1.72 bits per heavy atom. The molecule has 1 aromatic carbocycles. The number of halogens is 1. The van der Waals surface area contributed by atoms with Crippen LogP contribution in [0.5, 0.6) is 0 Å². The zero-order valence-corrected chi connectivity index (χ0v) is 10.5. The highest BCUT2D eigenvalue weighted by atomic mass is 35.5. The lowest BCUT2D eigenvalue weighted by molar-refractivity contribution is -0.118. The summed E-state index contributed by atoms with van der Waals surface area (Å²) in [6, 6.07) is 7.06. The molecule has 0 heterocycles. The highest BCUT2D eigenvalue weighted by Crippen LogP contribution is 2.08. The minimum Gasteiger partial charge on any atom is -0.321 e. The van der Waals surface area contributed by atoms with Crippen molar-refractivity contribution in [2.24, 2.45) is 5.73 Å². The molecule has 0 bridgehead atoms. The predicted octanol–water partition coefficient (Wildman–Crippen LogP) is 2.13. The summed E-state index contributed by atoms with van der Waals surface area (Å²) in [5.74, 6) is 0.0167. The number of ketones is 2. The summed E-state index contributed by atoms with van der Waals surface area (Å²) in [5.41, 5.74) is 7.59. The van der Waals surface area contributed by atoms with Gasteiger partial charge in [0, 0.05) is 6.42 Å². The summed E-state index contributed by atoms with van der Waals surface area (Å²) in [6.07, 6.45) is 0.877. The van der Waals surface area contributed by atoms with Crippen molar-refractivity contribution in [1.29, 1.82) is 0 Å². The summed E-state index contributed by atoms with van der Waals surface area (Å²) in [5, 5.41) is 0. The Hall–Kier alpha value is -1.19. The molecule has 0 saturated heterocycles. The molecular weight excluding hydrogens is 250 g/mol. The van der Waals surface area contributed by atoms with Gasteiger partial charge in [0.1, 0.15) is 5.78 Å². The standard InChI is InChI=1S/C13H16ClNO2.CH4/c1-9(16)13(15)7-11-4-2-10(3-5-11)6-12(17)8-14;/h2-5,13H,6-8,15H2,1H3;1H4.